The topological polar surface area (TPSA) is 75.7 Å². The molecule has 3 rings (SSSR count). The van der Waals surface area contributed by atoms with Crippen molar-refractivity contribution in [3.8, 4) is 5.75 Å². The van der Waals surface area contributed by atoms with Gasteiger partial charge in [0.1, 0.15) is 5.75 Å². The smallest absolute Gasteiger partial charge is 0.243 e. The number of carbonyl (C=O) groups is 1. The van der Waals surface area contributed by atoms with Gasteiger partial charge >= 0.3 is 0 Å². The first-order chi connectivity index (χ1) is 11.9. The fraction of sp³-hybridized carbons (Fsp3) is 0.611. The third kappa shape index (κ3) is 3.67. The number of ether oxygens (including phenoxy) is 1. The molecule has 1 amide bonds. The second-order valence-electron chi connectivity index (χ2n) is 6.91. The molecule has 1 heterocycles. The molecule has 1 saturated carbocycles. The maximum atomic E-state index is 13.2. The van der Waals surface area contributed by atoms with Gasteiger partial charge in [0, 0.05) is 25.6 Å². The molecule has 0 spiro atoms. The van der Waals surface area contributed by atoms with E-state index in [0.29, 0.717) is 23.9 Å². The summed E-state index contributed by atoms with van der Waals surface area (Å²) in [7, 11) is -2.10. The van der Waals surface area contributed by atoms with Crippen LogP contribution in [0.1, 0.15) is 45.4 Å². The van der Waals surface area contributed by atoms with E-state index in [0.717, 1.165) is 32.1 Å². The number of hydrogen-bond acceptors (Lipinski definition) is 4. The van der Waals surface area contributed by atoms with Crippen molar-refractivity contribution in [2.24, 2.45) is 5.92 Å². The number of nitrogens with one attached hydrogen (secondary N) is 1. The molecule has 1 aliphatic heterocycles. The number of piperidine rings is 1. The lowest BCUT2D eigenvalue weighted by atomic mass is 9.79. The van der Waals surface area contributed by atoms with E-state index in [-0.39, 0.29) is 16.8 Å². The van der Waals surface area contributed by atoms with Crippen LogP contribution in [0, 0.1) is 5.92 Å². The highest BCUT2D eigenvalue weighted by Crippen LogP contribution is 2.39. The number of nitrogens with zero attached hydrogens (tertiary/aromatic N) is 1. The summed E-state index contributed by atoms with van der Waals surface area (Å²) in [4.78, 5) is 11.5. The fourth-order valence-corrected chi connectivity index (χ4v) is 5.91. The molecular formula is C18H26N2O4S. The zero-order chi connectivity index (χ0) is 18.0. The Morgan fingerprint density at radius 3 is 2.64 bits per heavy atom. The Morgan fingerprint density at radius 1 is 1.20 bits per heavy atom. The molecule has 0 radical (unpaired) electrons. The quantitative estimate of drug-likeness (QED) is 0.889. The highest BCUT2D eigenvalue weighted by atomic mass is 32.2. The number of rotatable bonds is 4. The summed E-state index contributed by atoms with van der Waals surface area (Å²) in [5.74, 6) is 0.612. The predicted molar refractivity (Wildman–Crippen MR) is 96.2 cm³/mol. The van der Waals surface area contributed by atoms with E-state index < -0.39 is 10.0 Å². The van der Waals surface area contributed by atoms with Gasteiger partial charge in [-0.05, 0) is 43.7 Å². The second-order valence-corrected chi connectivity index (χ2v) is 8.80. The van der Waals surface area contributed by atoms with Crippen LogP contribution in [0.5, 0.6) is 5.75 Å². The Hall–Kier alpha value is -1.60. The molecule has 0 aromatic heterocycles. The van der Waals surface area contributed by atoms with Crippen LogP contribution in [0.25, 0.3) is 0 Å². The highest BCUT2D eigenvalue weighted by Gasteiger charge is 2.40. The molecule has 2 aliphatic rings. The van der Waals surface area contributed by atoms with Gasteiger partial charge in [-0.3, -0.25) is 4.79 Å². The van der Waals surface area contributed by atoms with Crippen LogP contribution >= 0.6 is 0 Å². The lowest BCUT2D eigenvalue weighted by molar-refractivity contribution is -0.114. The number of methoxy groups -OCH3 is 1. The summed E-state index contributed by atoms with van der Waals surface area (Å²) >= 11 is 0. The van der Waals surface area contributed by atoms with E-state index in [9.17, 15) is 13.2 Å². The molecule has 2 unspecified atom stereocenters. The first kappa shape index (κ1) is 18.2. The number of fused-ring (bicyclic) bond motifs is 1. The Balaban J connectivity index is 1.92. The van der Waals surface area contributed by atoms with E-state index >= 15 is 0 Å². The second kappa shape index (κ2) is 7.33. The van der Waals surface area contributed by atoms with E-state index in [1.165, 1.54) is 26.5 Å². The molecule has 2 atom stereocenters. The van der Waals surface area contributed by atoms with Gasteiger partial charge in [0.15, 0.2) is 0 Å². The number of carbonyl (C=O) groups excluding carboxylic acids is 1. The van der Waals surface area contributed by atoms with Gasteiger partial charge in [-0.2, -0.15) is 4.31 Å². The molecule has 1 saturated heterocycles. The van der Waals surface area contributed by atoms with E-state index in [4.69, 9.17) is 4.74 Å². The minimum Gasteiger partial charge on any atom is -0.495 e. The van der Waals surface area contributed by atoms with Crippen LogP contribution in [-0.2, 0) is 14.8 Å². The maximum absolute atomic E-state index is 13.2. The fourth-order valence-electron chi connectivity index (χ4n) is 4.14. The third-order valence-electron chi connectivity index (χ3n) is 5.28. The molecule has 7 heteroatoms. The minimum absolute atomic E-state index is 0.119. The lowest BCUT2D eigenvalue weighted by Crippen LogP contribution is -2.49. The average Bonchev–Trinajstić information content (AvgIpc) is 2.61. The van der Waals surface area contributed by atoms with Crippen molar-refractivity contribution in [2.75, 3.05) is 19.0 Å². The SMILES string of the molecule is COc1cc(S(=O)(=O)N2CCCC3CCCCC32)ccc1NC(C)=O. The summed E-state index contributed by atoms with van der Waals surface area (Å²) in [5, 5.41) is 2.66. The van der Waals surface area contributed by atoms with Crippen LogP contribution in [-0.4, -0.2) is 38.3 Å². The van der Waals surface area contributed by atoms with Gasteiger partial charge < -0.3 is 10.1 Å². The molecular weight excluding hydrogens is 340 g/mol. The number of benzene rings is 1. The molecule has 2 fully saturated rings. The van der Waals surface area contributed by atoms with Crippen LogP contribution in [0.15, 0.2) is 23.1 Å². The number of hydrogen-bond donors (Lipinski definition) is 1. The lowest BCUT2D eigenvalue weighted by Gasteiger charge is -2.43. The number of amides is 1. The standard InChI is InChI=1S/C18H26N2O4S/c1-13(21)19-16-10-9-15(12-18(16)24-2)25(22,23)20-11-5-7-14-6-3-4-8-17(14)20/h9-10,12,14,17H,3-8,11H2,1-2H3,(H,19,21). The van der Waals surface area contributed by atoms with E-state index in [1.807, 2.05) is 0 Å². The van der Waals surface area contributed by atoms with Crippen LogP contribution in [0.2, 0.25) is 0 Å². The molecule has 1 aliphatic carbocycles. The number of sulfonamides is 1. The van der Waals surface area contributed by atoms with Gasteiger partial charge in [-0.25, -0.2) is 8.42 Å². The van der Waals surface area contributed by atoms with Crippen molar-refractivity contribution in [2.45, 2.75) is 56.4 Å². The summed E-state index contributed by atoms with van der Waals surface area (Å²) in [6.07, 6.45) is 6.42. The minimum atomic E-state index is -3.57. The van der Waals surface area contributed by atoms with Crippen molar-refractivity contribution in [1.29, 1.82) is 0 Å². The van der Waals surface area contributed by atoms with Gasteiger partial charge in [0.05, 0.1) is 17.7 Å². The molecule has 0 bridgehead atoms. The molecule has 25 heavy (non-hydrogen) atoms. The van der Waals surface area contributed by atoms with Gasteiger partial charge in [-0.15, -0.1) is 0 Å². The third-order valence-corrected chi connectivity index (χ3v) is 7.20. The maximum Gasteiger partial charge on any atom is 0.243 e. The van der Waals surface area contributed by atoms with Crippen LogP contribution < -0.4 is 10.1 Å². The van der Waals surface area contributed by atoms with Crippen LogP contribution in [0.4, 0.5) is 5.69 Å². The first-order valence-corrected chi connectivity index (χ1v) is 10.3. The summed E-state index contributed by atoms with van der Waals surface area (Å²) < 4.78 is 33.4. The van der Waals surface area contributed by atoms with Crippen molar-refractivity contribution in [1.82, 2.24) is 4.31 Å². The van der Waals surface area contributed by atoms with Gasteiger partial charge in [-0.1, -0.05) is 12.8 Å². The molecule has 1 aromatic carbocycles. The average molecular weight is 366 g/mol. The van der Waals surface area contributed by atoms with Crippen LogP contribution in [0.3, 0.4) is 0 Å². The Bertz CT molecular complexity index is 745. The summed E-state index contributed by atoms with van der Waals surface area (Å²) in [6.45, 7) is 1.99. The Labute approximate surface area is 149 Å². The monoisotopic (exact) mass is 366 g/mol. The molecule has 1 N–H and O–H groups in total. The molecule has 6 nitrogen and oxygen atoms in total. The molecule has 138 valence electrons. The van der Waals surface area contributed by atoms with Crippen molar-refractivity contribution >= 4 is 21.6 Å². The van der Waals surface area contributed by atoms with Gasteiger partial charge in [0.25, 0.3) is 0 Å². The van der Waals surface area contributed by atoms with Crippen molar-refractivity contribution < 1.29 is 17.9 Å². The number of anilines is 1. The normalized spacial score (nSPS) is 24.4. The first-order valence-electron chi connectivity index (χ1n) is 8.91. The van der Waals surface area contributed by atoms with E-state index in [2.05, 4.69) is 5.32 Å². The summed E-state index contributed by atoms with van der Waals surface area (Å²) in [6, 6.07) is 4.77. The zero-order valence-corrected chi connectivity index (χ0v) is 15.6. The Kier molecular flexibility index (Phi) is 5.34. The highest BCUT2D eigenvalue weighted by molar-refractivity contribution is 7.89. The van der Waals surface area contributed by atoms with Gasteiger partial charge in [0.2, 0.25) is 15.9 Å². The van der Waals surface area contributed by atoms with Crippen molar-refractivity contribution in [3.05, 3.63) is 18.2 Å². The van der Waals surface area contributed by atoms with E-state index in [1.54, 1.807) is 16.4 Å². The molecule has 1 aromatic rings. The largest absolute Gasteiger partial charge is 0.495 e. The zero-order valence-electron chi connectivity index (χ0n) is 14.8. The van der Waals surface area contributed by atoms with Crippen molar-refractivity contribution in [3.63, 3.8) is 0 Å². The Morgan fingerprint density at radius 2 is 1.92 bits per heavy atom. The predicted octanol–water partition coefficient (Wildman–Crippen LogP) is 3.00. The summed E-state index contributed by atoms with van der Waals surface area (Å²) in [5.41, 5.74) is 0.475.